The van der Waals surface area contributed by atoms with Gasteiger partial charge >= 0.3 is 0 Å². The molecule has 0 aliphatic heterocycles. The van der Waals surface area contributed by atoms with Crippen LogP contribution >= 0.6 is 15.9 Å². The average molecular weight is 311 g/mol. The van der Waals surface area contributed by atoms with Gasteiger partial charge in [0.05, 0.1) is 22.4 Å². The summed E-state index contributed by atoms with van der Waals surface area (Å²) in [6.45, 7) is 5.00. The molecule has 0 aliphatic rings. The van der Waals surface area contributed by atoms with Crippen molar-refractivity contribution in [3.63, 3.8) is 0 Å². The van der Waals surface area contributed by atoms with Crippen molar-refractivity contribution in [3.8, 4) is 0 Å². The van der Waals surface area contributed by atoms with Crippen LogP contribution in [0.15, 0.2) is 22.8 Å². The van der Waals surface area contributed by atoms with Crippen molar-refractivity contribution < 1.29 is 0 Å². The summed E-state index contributed by atoms with van der Waals surface area (Å²) in [7, 11) is 3.96. The molecule has 0 spiro atoms. The van der Waals surface area contributed by atoms with Crippen LogP contribution in [0.2, 0.25) is 0 Å². The topological polar surface area (TPSA) is 34.8 Å². The molecule has 0 amide bonds. The van der Waals surface area contributed by atoms with Crippen LogP contribution in [0, 0.1) is 6.92 Å². The van der Waals surface area contributed by atoms with Crippen molar-refractivity contribution in [2.45, 2.75) is 26.4 Å². The molecule has 0 saturated heterocycles. The summed E-state index contributed by atoms with van der Waals surface area (Å²) in [5, 5.41) is 7.70. The maximum absolute atomic E-state index is 4.43. The number of nitrogens with zero attached hydrogens (tertiary/aromatic N) is 3. The summed E-state index contributed by atoms with van der Waals surface area (Å²) >= 11 is 3.61. The lowest BCUT2D eigenvalue weighted by atomic mass is 10.2. The van der Waals surface area contributed by atoms with Crippen LogP contribution in [0.1, 0.15) is 30.0 Å². The molecular weight excluding hydrogens is 292 g/mol. The van der Waals surface area contributed by atoms with Crippen molar-refractivity contribution in [2.75, 3.05) is 7.05 Å². The van der Waals surface area contributed by atoms with Crippen molar-refractivity contribution in [3.05, 3.63) is 39.9 Å². The minimum absolute atomic E-state index is 0.341. The Morgan fingerprint density at radius 3 is 2.78 bits per heavy atom. The van der Waals surface area contributed by atoms with Gasteiger partial charge in [-0.25, -0.2) is 0 Å². The van der Waals surface area contributed by atoms with Crippen LogP contribution in [-0.4, -0.2) is 21.4 Å². The number of halogens is 1. The monoisotopic (exact) mass is 310 g/mol. The van der Waals surface area contributed by atoms with Crippen molar-refractivity contribution >= 4 is 15.9 Å². The predicted molar refractivity (Wildman–Crippen MR) is 76.7 cm³/mol. The van der Waals surface area contributed by atoms with E-state index < -0.39 is 0 Å². The first kappa shape index (κ1) is 13.4. The zero-order valence-electron chi connectivity index (χ0n) is 11.2. The highest BCUT2D eigenvalue weighted by molar-refractivity contribution is 9.10. The van der Waals surface area contributed by atoms with Gasteiger partial charge in [0.1, 0.15) is 0 Å². The number of aromatic nitrogens is 3. The van der Waals surface area contributed by atoms with E-state index in [0.29, 0.717) is 6.04 Å². The zero-order valence-corrected chi connectivity index (χ0v) is 12.8. The molecule has 0 aliphatic carbocycles. The Balaban J connectivity index is 2.32. The van der Waals surface area contributed by atoms with Crippen LogP contribution < -0.4 is 5.32 Å². The van der Waals surface area contributed by atoms with E-state index in [4.69, 9.17) is 0 Å². The fourth-order valence-corrected chi connectivity index (χ4v) is 2.59. The number of hydrogen-bond acceptors (Lipinski definition) is 2. The first-order valence-electron chi connectivity index (χ1n) is 6.05. The van der Waals surface area contributed by atoms with Gasteiger partial charge in [-0.2, -0.15) is 5.10 Å². The first-order chi connectivity index (χ1) is 8.54. The molecule has 2 heterocycles. The quantitative estimate of drug-likeness (QED) is 0.942. The Labute approximate surface area is 116 Å². The third kappa shape index (κ3) is 2.37. The summed E-state index contributed by atoms with van der Waals surface area (Å²) in [4.78, 5) is 0. The van der Waals surface area contributed by atoms with E-state index in [1.54, 1.807) is 0 Å². The molecule has 0 radical (unpaired) electrons. The number of hydrogen-bond donors (Lipinski definition) is 1. The fourth-order valence-electron chi connectivity index (χ4n) is 2.13. The molecular formula is C13H19BrN4. The Morgan fingerprint density at radius 1 is 1.50 bits per heavy atom. The molecule has 5 heteroatoms. The van der Waals surface area contributed by atoms with E-state index in [0.717, 1.165) is 16.7 Å². The molecule has 1 atom stereocenters. The molecule has 1 N–H and O–H groups in total. The smallest absolute Gasteiger partial charge is 0.0739 e. The SMILES string of the molecule is CNC(C)c1cccn1Cc1c(Br)c(C)nn1C. The lowest BCUT2D eigenvalue weighted by Gasteiger charge is -2.15. The molecule has 2 aromatic rings. The van der Waals surface area contributed by atoms with Gasteiger partial charge in [0.2, 0.25) is 0 Å². The zero-order chi connectivity index (χ0) is 13.3. The highest BCUT2D eigenvalue weighted by Crippen LogP contribution is 2.23. The molecule has 0 saturated carbocycles. The second-order valence-corrected chi connectivity index (χ2v) is 5.33. The lowest BCUT2D eigenvalue weighted by Crippen LogP contribution is -2.17. The van der Waals surface area contributed by atoms with Gasteiger partial charge in [-0.3, -0.25) is 4.68 Å². The molecule has 1 unspecified atom stereocenters. The van der Waals surface area contributed by atoms with Gasteiger partial charge in [0.15, 0.2) is 0 Å². The molecule has 18 heavy (non-hydrogen) atoms. The van der Waals surface area contributed by atoms with E-state index in [1.165, 1.54) is 11.4 Å². The molecule has 0 bridgehead atoms. The Hall–Kier alpha value is -1.07. The van der Waals surface area contributed by atoms with Gasteiger partial charge in [0, 0.05) is 25.0 Å². The molecule has 2 aromatic heterocycles. The van der Waals surface area contributed by atoms with Crippen molar-refractivity contribution in [1.82, 2.24) is 19.7 Å². The molecule has 98 valence electrons. The van der Waals surface area contributed by atoms with Gasteiger partial charge in [-0.05, 0) is 49.0 Å². The molecule has 2 rings (SSSR count). The second-order valence-electron chi connectivity index (χ2n) is 4.54. The third-order valence-corrected chi connectivity index (χ3v) is 4.35. The highest BCUT2D eigenvalue weighted by atomic mass is 79.9. The third-order valence-electron chi connectivity index (χ3n) is 3.32. The van der Waals surface area contributed by atoms with Crippen LogP contribution in [0.4, 0.5) is 0 Å². The number of nitrogens with one attached hydrogen (secondary N) is 1. The summed E-state index contributed by atoms with van der Waals surface area (Å²) < 4.78 is 5.29. The minimum atomic E-state index is 0.341. The minimum Gasteiger partial charge on any atom is -0.344 e. The summed E-state index contributed by atoms with van der Waals surface area (Å²) in [6.07, 6.45) is 2.11. The molecule has 4 nitrogen and oxygen atoms in total. The maximum atomic E-state index is 4.43. The van der Waals surface area contributed by atoms with Gasteiger partial charge in [-0.1, -0.05) is 0 Å². The van der Waals surface area contributed by atoms with E-state index in [2.05, 4.69) is 56.2 Å². The summed E-state index contributed by atoms with van der Waals surface area (Å²) in [5.41, 5.74) is 3.50. The van der Waals surface area contributed by atoms with E-state index in [1.807, 2.05) is 25.7 Å². The fraction of sp³-hybridized carbons (Fsp3) is 0.462. The normalized spacial score (nSPS) is 12.9. The standard InChI is InChI=1S/C13H19BrN4/c1-9(15-3)11-6-5-7-18(11)8-12-13(14)10(2)16-17(12)4/h5-7,9,15H,8H2,1-4H3. The van der Waals surface area contributed by atoms with E-state index >= 15 is 0 Å². The van der Waals surface area contributed by atoms with E-state index in [9.17, 15) is 0 Å². The largest absolute Gasteiger partial charge is 0.344 e. The van der Waals surface area contributed by atoms with Crippen LogP contribution in [0.3, 0.4) is 0 Å². The van der Waals surface area contributed by atoms with Gasteiger partial charge in [-0.15, -0.1) is 0 Å². The number of aryl methyl sites for hydroxylation is 2. The Morgan fingerprint density at radius 2 is 2.22 bits per heavy atom. The average Bonchev–Trinajstić information content (AvgIpc) is 2.89. The highest BCUT2D eigenvalue weighted by Gasteiger charge is 2.14. The number of rotatable bonds is 4. The summed E-state index contributed by atoms with van der Waals surface area (Å²) in [6, 6.07) is 4.58. The van der Waals surface area contributed by atoms with Gasteiger partial charge in [0.25, 0.3) is 0 Å². The van der Waals surface area contributed by atoms with Crippen LogP contribution in [0.25, 0.3) is 0 Å². The lowest BCUT2D eigenvalue weighted by molar-refractivity contribution is 0.574. The van der Waals surface area contributed by atoms with Crippen molar-refractivity contribution in [2.24, 2.45) is 7.05 Å². The Bertz CT molecular complexity index is 541. The second kappa shape index (κ2) is 5.28. The van der Waals surface area contributed by atoms with Gasteiger partial charge < -0.3 is 9.88 Å². The van der Waals surface area contributed by atoms with Crippen LogP contribution in [-0.2, 0) is 13.6 Å². The first-order valence-corrected chi connectivity index (χ1v) is 6.84. The Kier molecular flexibility index (Phi) is 3.92. The predicted octanol–water partition coefficient (Wildman–Crippen LogP) is 2.62. The maximum Gasteiger partial charge on any atom is 0.0739 e. The van der Waals surface area contributed by atoms with Crippen LogP contribution in [0.5, 0.6) is 0 Å². The van der Waals surface area contributed by atoms with E-state index in [-0.39, 0.29) is 0 Å². The summed E-state index contributed by atoms with van der Waals surface area (Å²) in [5.74, 6) is 0. The molecule has 0 aromatic carbocycles. The van der Waals surface area contributed by atoms with Crippen molar-refractivity contribution in [1.29, 1.82) is 0 Å². The molecule has 0 fully saturated rings.